The van der Waals surface area contributed by atoms with Crippen molar-refractivity contribution in [3.05, 3.63) is 22.9 Å². The minimum atomic E-state index is 0.249. The van der Waals surface area contributed by atoms with Gasteiger partial charge in [0.1, 0.15) is 0 Å². The Kier molecular flexibility index (Phi) is 4.15. The van der Waals surface area contributed by atoms with Crippen LogP contribution >= 0.6 is 15.9 Å². The van der Waals surface area contributed by atoms with Crippen LogP contribution in [0.25, 0.3) is 0 Å². The Morgan fingerprint density at radius 2 is 2.06 bits per heavy atom. The van der Waals surface area contributed by atoms with Gasteiger partial charge in [0.05, 0.1) is 16.8 Å². The topological polar surface area (TPSA) is 39.6 Å². The molecule has 1 aromatic heterocycles. The Hall–Kier alpha value is -0.650. The Morgan fingerprint density at radius 3 is 2.69 bits per heavy atom. The molecule has 0 aliphatic carbocycles. The monoisotopic (exact) mass is 285 g/mol. The fourth-order valence-corrected chi connectivity index (χ4v) is 2.48. The largest absolute Gasteiger partial charge is 0.395 e. The number of halogens is 1. The van der Waals surface area contributed by atoms with Crippen molar-refractivity contribution in [2.45, 2.75) is 0 Å². The quantitative estimate of drug-likeness (QED) is 0.898. The molecule has 0 atom stereocenters. The van der Waals surface area contributed by atoms with E-state index in [4.69, 9.17) is 5.11 Å². The van der Waals surface area contributed by atoms with E-state index in [2.05, 4.69) is 30.7 Å². The standard InChI is InChI=1S/C11H16BrN3O/c12-10-9-13-2-1-11(10)15-5-3-14(4-6-15)7-8-16/h1-2,9,16H,3-8H2. The first-order chi connectivity index (χ1) is 7.81. The number of β-amino-alcohol motifs (C(OH)–C–C–N with tert-alkyl or cyclic N) is 1. The maximum absolute atomic E-state index is 8.87. The van der Waals surface area contributed by atoms with E-state index < -0.39 is 0 Å². The van der Waals surface area contributed by atoms with Gasteiger partial charge in [-0.15, -0.1) is 0 Å². The molecule has 1 saturated heterocycles. The Morgan fingerprint density at radius 1 is 1.31 bits per heavy atom. The first kappa shape index (κ1) is 11.8. The van der Waals surface area contributed by atoms with Gasteiger partial charge in [-0.25, -0.2) is 0 Å². The van der Waals surface area contributed by atoms with Crippen LogP contribution in [0.1, 0.15) is 0 Å². The number of hydrogen-bond donors (Lipinski definition) is 1. The van der Waals surface area contributed by atoms with Gasteiger partial charge in [-0.2, -0.15) is 0 Å². The minimum absolute atomic E-state index is 0.249. The number of rotatable bonds is 3. The fourth-order valence-electron chi connectivity index (χ4n) is 1.98. The van der Waals surface area contributed by atoms with Crippen LogP contribution in [0.5, 0.6) is 0 Å². The average Bonchev–Trinajstić information content (AvgIpc) is 2.31. The lowest BCUT2D eigenvalue weighted by molar-refractivity contribution is 0.188. The van der Waals surface area contributed by atoms with E-state index in [-0.39, 0.29) is 6.61 Å². The number of piperazine rings is 1. The summed E-state index contributed by atoms with van der Waals surface area (Å²) in [6, 6.07) is 2.03. The first-order valence-corrected chi connectivity index (χ1v) is 6.28. The SMILES string of the molecule is OCCN1CCN(c2ccncc2Br)CC1. The summed E-state index contributed by atoms with van der Waals surface area (Å²) in [6.07, 6.45) is 3.65. The van der Waals surface area contributed by atoms with E-state index in [1.807, 2.05) is 18.5 Å². The van der Waals surface area contributed by atoms with Crippen LogP contribution in [0.2, 0.25) is 0 Å². The highest BCUT2D eigenvalue weighted by Crippen LogP contribution is 2.25. The smallest absolute Gasteiger partial charge is 0.0592 e. The molecule has 1 N–H and O–H groups in total. The Balaban J connectivity index is 1.96. The highest BCUT2D eigenvalue weighted by Gasteiger charge is 2.17. The third-order valence-corrected chi connectivity index (χ3v) is 3.49. The number of anilines is 1. The van der Waals surface area contributed by atoms with Crippen molar-refractivity contribution < 1.29 is 5.11 Å². The maximum atomic E-state index is 8.87. The van der Waals surface area contributed by atoms with E-state index in [1.165, 1.54) is 5.69 Å². The van der Waals surface area contributed by atoms with Gasteiger partial charge in [-0.05, 0) is 22.0 Å². The predicted molar refractivity (Wildman–Crippen MR) is 67.7 cm³/mol. The molecule has 4 nitrogen and oxygen atoms in total. The van der Waals surface area contributed by atoms with Gasteiger partial charge in [0.25, 0.3) is 0 Å². The Bertz CT molecular complexity index is 340. The van der Waals surface area contributed by atoms with Crippen molar-refractivity contribution in [2.24, 2.45) is 0 Å². The lowest BCUT2D eigenvalue weighted by Crippen LogP contribution is -2.47. The van der Waals surface area contributed by atoms with Gasteiger partial charge in [-0.3, -0.25) is 9.88 Å². The second kappa shape index (κ2) is 5.61. The summed E-state index contributed by atoms with van der Waals surface area (Å²) in [7, 11) is 0. The number of nitrogens with zero attached hydrogens (tertiary/aromatic N) is 3. The highest BCUT2D eigenvalue weighted by molar-refractivity contribution is 9.10. The van der Waals surface area contributed by atoms with Gasteiger partial charge >= 0.3 is 0 Å². The predicted octanol–water partition coefficient (Wildman–Crippen LogP) is 0.958. The van der Waals surface area contributed by atoms with Crippen LogP contribution in [0, 0.1) is 0 Å². The molecule has 0 bridgehead atoms. The molecule has 1 aromatic rings. The lowest BCUT2D eigenvalue weighted by atomic mass is 10.2. The molecule has 2 rings (SSSR count). The molecular formula is C11H16BrN3O. The van der Waals surface area contributed by atoms with Crippen LogP contribution in [0.15, 0.2) is 22.9 Å². The molecule has 0 saturated carbocycles. The molecule has 0 spiro atoms. The van der Waals surface area contributed by atoms with Crippen molar-refractivity contribution in [3.63, 3.8) is 0 Å². The van der Waals surface area contributed by atoms with E-state index in [0.717, 1.165) is 37.2 Å². The zero-order chi connectivity index (χ0) is 11.4. The number of aromatic nitrogens is 1. The average molecular weight is 286 g/mol. The lowest BCUT2D eigenvalue weighted by Gasteiger charge is -2.36. The van der Waals surface area contributed by atoms with Crippen LogP contribution in [0.3, 0.4) is 0 Å². The molecule has 5 heteroatoms. The van der Waals surface area contributed by atoms with Gasteiger partial charge < -0.3 is 10.0 Å². The molecule has 1 aliphatic heterocycles. The number of aliphatic hydroxyl groups excluding tert-OH is 1. The summed E-state index contributed by atoms with van der Waals surface area (Å²) in [5.74, 6) is 0. The maximum Gasteiger partial charge on any atom is 0.0592 e. The summed E-state index contributed by atoms with van der Waals surface area (Å²) >= 11 is 3.52. The van der Waals surface area contributed by atoms with E-state index >= 15 is 0 Å². The second-order valence-electron chi connectivity index (χ2n) is 3.88. The van der Waals surface area contributed by atoms with Gasteiger partial charge in [0.2, 0.25) is 0 Å². The van der Waals surface area contributed by atoms with Crippen LogP contribution in [-0.4, -0.2) is 54.3 Å². The van der Waals surface area contributed by atoms with E-state index in [9.17, 15) is 0 Å². The van der Waals surface area contributed by atoms with Gasteiger partial charge in [-0.1, -0.05) is 0 Å². The molecule has 1 aliphatic rings. The number of aliphatic hydroxyl groups is 1. The molecular weight excluding hydrogens is 270 g/mol. The zero-order valence-electron chi connectivity index (χ0n) is 9.14. The van der Waals surface area contributed by atoms with Crippen molar-refractivity contribution in [3.8, 4) is 0 Å². The second-order valence-corrected chi connectivity index (χ2v) is 4.73. The summed E-state index contributed by atoms with van der Waals surface area (Å²) in [6.45, 7) is 5.06. The van der Waals surface area contributed by atoms with Crippen molar-refractivity contribution >= 4 is 21.6 Å². The molecule has 16 heavy (non-hydrogen) atoms. The Labute approximate surface area is 104 Å². The first-order valence-electron chi connectivity index (χ1n) is 5.49. The third-order valence-electron chi connectivity index (χ3n) is 2.88. The van der Waals surface area contributed by atoms with Crippen molar-refractivity contribution in [2.75, 3.05) is 44.2 Å². The number of pyridine rings is 1. The normalized spacial score (nSPS) is 17.8. The van der Waals surface area contributed by atoms with Crippen molar-refractivity contribution in [1.82, 2.24) is 9.88 Å². The molecule has 88 valence electrons. The summed E-state index contributed by atoms with van der Waals surface area (Å²) < 4.78 is 1.05. The van der Waals surface area contributed by atoms with Crippen LogP contribution < -0.4 is 4.90 Å². The van der Waals surface area contributed by atoms with E-state index in [0.29, 0.717) is 0 Å². The molecule has 0 aromatic carbocycles. The molecule has 1 fully saturated rings. The molecule has 2 heterocycles. The summed E-state index contributed by atoms with van der Waals surface area (Å²) in [5.41, 5.74) is 1.21. The van der Waals surface area contributed by atoms with Gasteiger partial charge in [0.15, 0.2) is 0 Å². The van der Waals surface area contributed by atoms with E-state index in [1.54, 1.807) is 0 Å². The summed E-state index contributed by atoms with van der Waals surface area (Å²) in [4.78, 5) is 8.70. The van der Waals surface area contributed by atoms with Gasteiger partial charge in [0, 0.05) is 45.1 Å². The zero-order valence-corrected chi connectivity index (χ0v) is 10.7. The fraction of sp³-hybridized carbons (Fsp3) is 0.545. The number of hydrogen-bond acceptors (Lipinski definition) is 4. The van der Waals surface area contributed by atoms with Crippen LogP contribution in [-0.2, 0) is 0 Å². The molecule has 0 amide bonds. The van der Waals surface area contributed by atoms with Crippen molar-refractivity contribution in [1.29, 1.82) is 0 Å². The minimum Gasteiger partial charge on any atom is -0.395 e. The van der Waals surface area contributed by atoms with Crippen LogP contribution in [0.4, 0.5) is 5.69 Å². The summed E-state index contributed by atoms with van der Waals surface area (Å²) in [5, 5.41) is 8.87. The highest BCUT2D eigenvalue weighted by atomic mass is 79.9. The molecule has 0 radical (unpaired) electrons. The molecule has 0 unspecified atom stereocenters. The third kappa shape index (κ3) is 2.72.